The molecule has 11 nitrogen and oxygen atoms in total. The Hall–Kier alpha value is -0.440. The van der Waals surface area contributed by atoms with E-state index < -0.39 is 0 Å². The van der Waals surface area contributed by atoms with E-state index in [-0.39, 0.29) is 32.5 Å². The topological polar surface area (TPSA) is 135 Å². The molecular weight excluding hydrogens is 404 g/mol. The molecule has 0 heterocycles. The first-order valence-electron chi connectivity index (χ1n) is 10.3. The van der Waals surface area contributed by atoms with Gasteiger partial charge in [0.2, 0.25) is 0 Å². The maximum atomic E-state index is 8.70. The first kappa shape index (κ1) is 29.6. The first-order chi connectivity index (χ1) is 14.8. The Morgan fingerprint density at radius 2 is 0.667 bits per heavy atom. The van der Waals surface area contributed by atoms with Gasteiger partial charge in [0.1, 0.15) is 6.10 Å². The Morgan fingerprint density at radius 1 is 0.367 bits per heavy atom. The molecule has 0 rings (SSSR count). The lowest BCUT2D eigenvalue weighted by molar-refractivity contribution is -0.0861. The van der Waals surface area contributed by atoms with Gasteiger partial charge in [0, 0.05) is 0 Å². The van der Waals surface area contributed by atoms with E-state index in [4.69, 9.17) is 53.2 Å². The van der Waals surface area contributed by atoms with Crippen molar-refractivity contribution in [2.45, 2.75) is 6.10 Å². The summed E-state index contributed by atoms with van der Waals surface area (Å²) in [4.78, 5) is 0. The van der Waals surface area contributed by atoms with Gasteiger partial charge in [-0.15, -0.1) is 0 Å². The van der Waals surface area contributed by atoms with Gasteiger partial charge in [-0.2, -0.15) is 0 Å². The molecule has 0 aliphatic heterocycles. The summed E-state index contributed by atoms with van der Waals surface area (Å²) in [5.74, 6) is 0. The van der Waals surface area contributed by atoms with Gasteiger partial charge >= 0.3 is 0 Å². The first-order valence-corrected chi connectivity index (χ1v) is 10.3. The SMILES string of the molecule is OCCOCCOCCOCC(COCCOCCOCCO)OCCOCCO. The molecule has 0 saturated heterocycles. The van der Waals surface area contributed by atoms with Crippen molar-refractivity contribution >= 4 is 0 Å². The van der Waals surface area contributed by atoms with Crippen LogP contribution in [0.25, 0.3) is 0 Å². The third-order valence-corrected chi connectivity index (χ3v) is 3.38. The molecule has 0 aliphatic carbocycles. The standard InChI is InChI=1S/C19H40O11/c20-1-4-23-7-9-26-11-13-28-17-19(30-16-15-25-6-3-22)18-29-14-12-27-10-8-24-5-2-21/h19-22H,1-18H2. The van der Waals surface area contributed by atoms with Crippen LogP contribution >= 0.6 is 0 Å². The average molecular weight is 445 g/mol. The minimum Gasteiger partial charge on any atom is -0.394 e. The lowest BCUT2D eigenvalue weighted by atomic mass is 10.4. The van der Waals surface area contributed by atoms with Crippen molar-refractivity contribution in [3.63, 3.8) is 0 Å². The Morgan fingerprint density at radius 3 is 1.03 bits per heavy atom. The summed E-state index contributed by atoms with van der Waals surface area (Å²) in [7, 11) is 0. The summed E-state index contributed by atoms with van der Waals surface area (Å²) in [5, 5.41) is 25.9. The molecule has 0 aromatic carbocycles. The monoisotopic (exact) mass is 444 g/mol. The van der Waals surface area contributed by atoms with E-state index >= 15 is 0 Å². The second kappa shape index (κ2) is 26.6. The summed E-state index contributed by atoms with van der Waals surface area (Å²) >= 11 is 0. The molecule has 11 heteroatoms. The maximum absolute atomic E-state index is 8.70. The van der Waals surface area contributed by atoms with E-state index in [0.29, 0.717) is 92.5 Å². The molecule has 3 N–H and O–H groups in total. The van der Waals surface area contributed by atoms with Crippen molar-refractivity contribution in [2.24, 2.45) is 0 Å². The van der Waals surface area contributed by atoms with Crippen molar-refractivity contribution in [1.82, 2.24) is 0 Å². The third kappa shape index (κ3) is 23.8. The fourth-order valence-electron chi connectivity index (χ4n) is 2.02. The van der Waals surface area contributed by atoms with Gasteiger partial charge in [0.05, 0.1) is 119 Å². The number of rotatable bonds is 26. The Balaban J connectivity index is 3.75. The van der Waals surface area contributed by atoms with Crippen LogP contribution in [0.3, 0.4) is 0 Å². The van der Waals surface area contributed by atoms with Crippen LogP contribution in [-0.2, 0) is 37.9 Å². The van der Waals surface area contributed by atoms with E-state index in [9.17, 15) is 0 Å². The van der Waals surface area contributed by atoms with Crippen LogP contribution < -0.4 is 0 Å². The number of hydrogen-bond acceptors (Lipinski definition) is 11. The predicted molar refractivity (Wildman–Crippen MR) is 107 cm³/mol. The summed E-state index contributed by atoms with van der Waals surface area (Å²) < 4.78 is 42.9. The second-order valence-electron chi connectivity index (χ2n) is 5.88. The summed E-state index contributed by atoms with van der Waals surface area (Å²) in [6.07, 6.45) is -0.261. The van der Waals surface area contributed by atoms with Crippen LogP contribution in [0.2, 0.25) is 0 Å². The van der Waals surface area contributed by atoms with E-state index in [2.05, 4.69) is 0 Å². The van der Waals surface area contributed by atoms with Crippen molar-refractivity contribution in [3.05, 3.63) is 0 Å². The lowest BCUT2D eigenvalue weighted by Gasteiger charge is -2.18. The van der Waals surface area contributed by atoms with E-state index in [1.54, 1.807) is 0 Å². The number of ether oxygens (including phenoxy) is 8. The van der Waals surface area contributed by atoms with Crippen LogP contribution in [0.4, 0.5) is 0 Å². The summed E-state index contributed by atoms with van der Waals surface area (Å²) in [6.45, 7) is 5.77. The number of hydrogen-bond donors (Lipinski definition) is 3. The van der Waals surface area contributed by atoms with Crippen molar-refractivity contribution < 1.29 is 53.2 Å². The number of aliphatic hydroxyl groups excluding tert-OH is 3. The highest BCUT2D eigenvalue weighted by Crippen LogP contribution is 1.97. The Labute approximate surface area is 179 Å². The average Bonchev–Trinajstić information content (AvgIpc) is 2.76. The second-order valence-corrected chi connectivity index (χ2v) is 5.88. The van der Waals surface area contributed by atoms with Gasteiger partial charge in [0.25, 0.3) is 0 Å². The predicted octanol–water partition coefficient (Wildman–Crippen LogP) is -1.54. The largest absolute Gasteiger partial charge is 0.394 e. The minimum absolute atomic E-state index is 0.00276. The van der Waals surface area contributed by atoms with Crippen LogP contribution in [-0.4, -0.2) is 140 Å². The van der Waals surface area contributed by atoms with Crippen LogP contribution in [0, 0.1) is 0 Å². The quantitative estimate of drug-likeness (QED) is 0.134. The van der Waals surface area contributed by atoms with Gasteiger partial charge in [-0.1, -0.05) is 0 Å². The normalized spacial score (nSPS) is 11.6. The van der Waals surface area contributed by atoms with Crippen LogP contribution in [0.15, 0.2) is 0 Å². The molecule has 0 aromatic rings. The molecule has 0 saturated carbocycles. The molecule has 0 aromatic heterocycles. The van der Waals surface area contributed by atoms with Gasteiger partial charge in [-0.05, 0) is 0 Å². The lowest BCUT2D eigenvalue weighted by Crippen LogP contribution is -2.29. The van der Waals surface area contributed by atoms with Crippen molar-refractivity contribution in [2.75, 3.05) is 119 Å². The molecule has 0 fully saturated rings. The van der Waals surface area contributed by atoms with E-state index in [1.807, 2.05) is 0 Å². The van der Waals surface area contributed by atoms with E-state index in [1.165, 1.54) is 0 Å². The van der Waals surface area contributed by atoms with E-state index in [0.717, 1.165) is 0 Å². The number of aliphatic hydroxyl groups is 3. The summed E-state index contributed by atoms with van der Waals surface area (Å²) in [5.41, 5.74) is 0. The molecule has 0 atom stereocenters. The van der Waals surface area contributed by atoms with Crippen molar-refractivity contribution in [3.8, 4) is 0 Å². The van der Waals surface area contributed by atoms with Crippen molar-refractivity contribution in [1.29, 1.82) is 0 Å². The van der Waals surface area contributed by atoms with Gasteiger partial charge in [-0.25, -0.2) is 0 Å². The molecule has 0 radical (unpaired) electrons. The zero-order valence-electron chi connectivity index (χ0n) is 17.9. The zero-order valence-corrected chi connectivity index (χ0v) is 17.9. The molecular formula is C19H40O11. The highest BCUT2D eigenvalue weighted by molar-refractivity contribution is 4.56. The third-order valence-electron chi connectivity index (χ3n) is 3.38. The molecule has 0 spiro atoms. The Kier molecular flexibility index (Phi) is 26.2. The molecule has 182 valence electrons. The maximum Gasteiger partial charge on any atom is 0.104 e. The van der Waals surface area contributed by atoms with Gasteiger partial charge in [-0.3, -0.25) is 0 Å². The molecule has 0 aliphatic rings. The minimum atomic E-state index is -0.261. The fourth-order valence-corrected chi connectivity index (χ4v) is 2.02. The van der Waals surface area contributed by atoms with Crippen LogP contribution in [0.5, 0.6) is 0 Å². The Bertz CT molecular complexity index is 288. The van der Waals surface area contributed by atoms with Gasteiger partial charge in [0.15, 0.2) is 0 Å². The molecule has 0 unspecified atom stereocenters. The smallest absolute Gasteiger partial charge is 0.104 e. The van der Waals surface area contributed by atoms with Crippen LogP contribution in [0.1, 0.15) is 0 Å². The zero-order chi connectivity index (χ0) is 22.0. The molecule has 0 bridgehead atoms. The summed E-state index contributed by atoms with van der Waals surface area (Å²) in [6, 6.07) is 0. The van der Waals surface area contributed by atoms with Gasteiger partial charge < -0.3 is 53.2 Å². The highest BCUT2D eigenvalue weighted by atomic mass is 16.6. The highest BCUT2D eigenvalue weighted by Gasteiger charge is 2.10. The molecule has 0 amide bonds. The fraction of sp³-hybridized carbons (Fsp3) is 1.00. The molecule has 30 heavy (non-hydrogen) atoms.